The molecule has 10 heteroatoms. The topological polar surface area (TPSA) is 119 Å². The minimum atomic E-state index is -1.03. The van der Waals surface area contributed by atoms with Crippen LogP contribution in [0, 0.1) is 0 Å². The second kappa shape index (κ2) is 11.3. The molecule has 1 unspecified atom stereocenters. The number of nitrogens with one attached hydrogen (secondary N) is 1. The fourth-order valence-corrected chi connectivity index (χ4v) is 3.89. The zero-order chi connectivity index (χ0) is 25.5. The lowest BCUT2D eigenvalue weighted by Gasteiger charge is -2.31. The Morgan fingerprint density at radius 1 is 1.06 bits per heavy atom. The van der Waals surface area contributed by atoms with E-state index in [1.54, 1.807) is 54.9 Å². The second-order valence-electron chi connectivity index (χ2n) is 8.07. The predicted octanol–water partition coefficient (Wildman–Crippen LogP) is 2.57. The van der Waals surface area contributed by atoms with Gasteiger partial charge in [-0.2, -0.15) is 0 Å². The van der Waals surface area contributed by atoms with E-state index >= 15 is 0 Å². The van der Waals surface area contributed by atoms with E-state index in [9.17, 15) is 14.4 Å². The number of ether oxygens (including phenoxy) is 1. The number of carbonyl (C=O) groups is 3. The van der Waals surface area contributed by atoms with E-state index in [0.717, 1.165) is 0 Å². The highest BCUT2D eigenvalue weighted by atomic mass is 16.5. The first kappa shape index (κ1) is 24.7. The summed E-state index contributed by atoms with van der Waals surface area (Å²) in [6, 6.07) is 16.3. The first-order valence-corrected chi connectivity index (χ1v) is 11.4. The Morgan fingerprint density at radius 2 is 1.83 bits per heavy atom. The summed E-state index contributed by atoms with van der Waals surface area (Å²) in [6.07, 6.45) is 3.12. The van der Waals surface area contributed by atoms with Crippen LogP contribution in [0.15, 0.2) is 73.1 Å². The van der Waals surface area contributed by atoms with Gasteiger partial charge in [-0.05, 0) is 48.9 Å². The number of ketones is 1. The third-order valence-electron chi connectivity index (χ3n) is 5.64. The van der Waals surface area contributed by atoms with E-state index in [1.807, 2.05) is 18.2 Å². The van der Waals surface area contributed by atoms with Gasteiger partial charge < -0.3 is 10.1 Å². The van der Waals surface area contributed by atoms with Crippen molar-refractivity contribution in [2.45, 2.75) is 19.5 Å². The zero-order valence-electron chi connectivity index (χ0n) is 20.0. The molecule has 2 aromatic carbocycles. The summed E-state index contributed by atoms with van der Waals surface area (Å²) in [5, 5.41) is 11.1. The van der Waals surface area contributed by atoms with Crippen molar-refractivity contribution in [3.63, 3.8) is 0 Å². The Hall–Kier alpha value is -4.44. The number of amides is 2. The summed E-state index contributed by atoms with van der Waals surface area (Å²) in [5.74, 6) is -0.963. The summed E-state index contributed by atoms with van der Waals surface area (Å²) < 4.78 is 6.55. The number of nitrogens with zero attached hydrogens (tertiary/aromatic N) is 5. The third-order valence-corrected chi connectivity index (χ3v) is 5.64. The molecule has 0 saturated heterocycles. The first-order chi connectivity index (χ1) is 17.5. The van der Waals surface area contributed by atoms with E-state index < -0.39 is 17.9 Å². The Labute approximate surface area is 207 Å². The molecule has 0 spiro atoms. The van der Waals surface area contributed by atoms with Crippen molar-refractivity contribution in [3.8, 4) is 0 Å². The van der Waals surface area contributed by atoms with E-state index in [1.165, 1.54) is 23.6 Å². The summed E-state index contributed by atoms with van der Waals surface area (Å²) in [7, 11) is 1.54. The molecule has 0 aliphatic carbocycles. The summed E-state index contributed by atoms with van der Waals surface area (Å²) >= 11 is 0. The van der Waals surface area contributed by atoms with Gasteiger partial charge in [0.05, 0.1) is 12.1 Å². The molecule has 0 saturated carbocycles. The molecule has 184 valence electrons. The molecule has 4 rings (SSSR count). The number of hydrogen-bond donors (Lipinski definition) is 1. The van der Waals surface area contributed by atoms with E-state index in [4.69, 9.17) is 4.74 Å². The molecule has 1 atom stereocenters. The van der Waals surface area contributed by atoms with Gasteiger partial charge in [-0.15, -0.1) is 5.10 Å². The summed E-state index contributed by atoms with van der Waals surface area (Å²) in [5.41, 5.74) is 2.72. The van der Waals surface area contributed by atoms with Gasteiger partial charge in [0.1, 0.15) is 18.1 Å². The van der Waals surface area contributed by atoms with Crippen LogP contribution in [-0.2, 0) is 20.9 Å². The number of carbonyl (C=O) groups excluding carboxylic acids is 3. The summed E-state index contributed by atoms with van der Waals surface area (Å²) in [6.45, 7) is 1.86. The molecule has 0 aliphatic rings. The number of aromatic nitrogens is 4. The SMILES string of the molecule is COCCNC(=O)C(c1ccncc1)N(C(=O)Cn1nnc2ccccc21)c1cccc(C(C)=O)c1. The van der Waals surface area contributed by atoms with Gasteiger partial charge in [-0.3, -0.25) is 24.3 Å². The minimum absolute atomic E-state index is 0.156. The number of para-hydroxylation sites is 1. The minimum Gasteiger partial charge on any atom is -0.383 e. The smallest absolute Gasteiger partial charge is 0.249 e. The van der Waals surface area contributed by atoms with Crippen molar-refractivity contribution in [1.82, 2.24) is 25.3 Å². The maximum Gasteiger partial charge on any atom is 0.249 e. The van der Waals surface area contributed by atoms with Crippen LogP contribution >= 0.6 is 0 Å². The average molecular weight is 487 g/mol. The van der Waals surface area contributed by atoms with Crippen LogP contribution in [0.3, 0.4) is 0 Å². The zero-order valence-corrected chi connectivity index (χ0v) is 20.0. The van der Waals surface area contributed by atoms with Gasteiger partial charge in [0, 0.05) is 37.3 Å². The largest absolute Gasteiger partial charge is 0.383 e. The van der Waals surface area contributed by atoms with Crippen LogP contribution in [0.25, 0.3) is 11.0 Å². The standard InChI is InChI=1S/C26H26N6O4/c1-18(33)20-6-5-7-21(16-20)32(24(34)17-31-23-9-4-3-8-22(23)29-30-31)25(19-10-12-27-13-11-19)26(35)28-14-15-36-2/h3-13,16,25H,14-15,17H2,1-2H3,(H,28,35). The number of pyridine rings is 1. The van der Waals surface area contributed by atoms with Gasteiger partial charge in [0.25, 0.3) is 0 Å². The molecule has 0 bridgehead atoms. The van der Waals surface area contributed by atoms with Crippen molar-refractivity contribution in [3.05, 3.63) is 84.2 Å². The summed E-state index contributed by atoms with van der Waals surface area (Å²) in [4.78, 5) is 45.0. The molecular formula is C26H26N6O4. The molecule has 4 aromatic rings. The molecule has 2 heterocycles. The van der Waals surface area contributed by atoms with Crippen LogP contribution in [0.5, 0.6) is 0 Å². The van der Waals surface area contributed by atoms with Gasteiger partial charge in [-0.25, -0.2) is 4.68 Å². The highest BCUT2D eigenvalue weighted by Gasteiger charge is 2.33. The number of fused-ring (bicyclic) bond motifs is 1. The highest BCUT2D eigenvalue weighted by molar-refractivity contribution is 6.03. The molecule has 2 aromatic heterocycles. The molecule has 0 radical (unpaired) electrons. The van der Waals surface area contributed by atoms with Crippen molar-refractivity contribution < 1.29 is 19.1 Å². The number of hydrogen-bond acceptors (Lipinski definition) is 7. The van der Waals surface area contributed by atoms with Crippen LogP contribution in [0.1, 0.15) is 28.9 Å². The van der Waals surface area contributed by atoms with Gasteiger partial charge >= 0.3 is 0 Å². The van der Waals surface area contributed by atoms with Gasteiger partial charge in [-0.1, -0.05) is 29.5 Å². The van der Waals surface area contributed by atoms with Crippen LogP contribution in [-0.4, -0.2) is 57.8 Å². The molecular weight excluding hydrogens is 460 g/mol. The number of benzene rings is 2. The number of Topliss-reactive ketones (excluding diaryl/α,β-unsaturated/α-hetero) is 1. The van der Waals surface area contributed by atoms with Crippen LogP contribution in [0.2, 0.25) is 0 Å². The lowest BCUT2D eigenvalue weighted by Crippen LogP contribution is -2.46. The third kappa shape index (κ3) is 5.44. The number of methoxy groups -OCH3 is 1. The fourth-order valence-electron chi connectivity index (χ4n) is 3.89. The van der Waals surface area contributed by atoms with Crippen molar-refractivity contribution in [1.29, 1.82) is 0 Å². The Balaban J connectivity index is 1.80. The predicted molar refractivity (Wildman–Crippen MR) is 133 cm³/mol. The van der Waals surface area contributed by atoms with Crippen molar-refractivity contribution >= 4 is 34.3 Å². The Morgan fingerprint density at radius 3 is 2.58 bits per heavy atom. The molecule has 36 heavy (non-hydrogen) atoms. The van der Waals surface area contributed by atoms with Crippen LogP contribution in [0.4, 0.5) is 5.69 Å². The Kier molecular flexibility index (Phi) is 7.76. The van der Waals surface area contributed by atoms with Crippen molar-refractivity contribution in [2.75, 3.05) is 25.2 Å². The monoisotopic (exact) mass is 486 g/mol. The maximum atomic E-state index is 13.9. The van der Waals surface area contributed by atoms with Crippen LogP contribution < -0.4 is 10.2 Å². The second-order valence-corrected chi connectivity index (χ2v) is 8.07. The number of anilines is 1. The molecule has 0 aliphatic heterocycles. The van der Waals surface area contributed by atoms with E-state index in [0.29, 0.717) is 34.5 Å². The van der Waals surface area contributed by atoms with Gasteiger partial charge in [0.2, 0.25) is 11.8 Å². The molecule has 2 amide bonds. The molecule has 1 N–H and O–H groups in total. The quantitative estimate of drug-likeness (QED) is 0.270. The molecule has 10 nitrogen and oxygen atoms in total. The Bertz CT molecular complexity index is 1370. The van der Waals surface area contributed by atoms with E-state index in [-0.39, 0.29) is 18.9 Å². The lowest BCUT2D eigenvalue weighted by molar-refractivity contribution is -0.127. The fraction of sp³-hybridized carbons (Fsp3) is 0.231. The first-order valence-electron chi connectivity index (χ1n) is 11.4. The average Bonchev–Trinajstić information content (AvgIpc) is 3.30. The molecule has 0 fully saturated rings. The van der Waals surface area contributed by atoms with Gasteiger partial charge in [0.15, 0.2) is 5.78 Å². The number of rotatable bonds is 10. The highest BCUT2D eigenvalue weighted by Crippen LogP contribution is 2.29. The van der Waals surface area contributed by atoms with E-state index in [2.05, 4.69) is 20.6 Å². The maximum absolute atomic E-state index is 13.9. The van der Waals surface area contributed by atoms with Crippen molar-refractivity contribution in [2.24, 2.45) is 0 Å². The normalized spacial score (nSPS) is 11.7. The lowest BCUT2D eigenvalue weighted by atomic mass is 10.0.